The molecular weight excluding hydrogens is 490 g/mol. The summed E-state index contributed by atoms with van der Waals surface area (Å²) in [6, 6.07) is 10.5. The van der Waals surface area contributed by atoms with Gasteiger partial charge < -0.3 is 18.8 Å². The summed E-state index contributed by atoms with van der Waals surface area (Å²) in [4.78, 5) is 34.4. The number of fused-ring (bicyclic) bond motifs is 1. The van der Waals surface area contributed by atoms with Crippen molar-refractivity contribution in [3.8, 4) is 5.75 Å². The number of anilines is 1. The molecule has 0 spiro atoms. The van der Waals surface area contributed by atoms with E-state index in [-0.39, 0.29) is 11.7 Å². The zero-order valence-corrected chi connectivity index (χ0v) is 22.3. The van der Waals surface area contributed by atoms with Crippen molar-refractivity contribution in [1.82, 2.24) is 4.57 Å². The van der Waals surface area contributed by atoms with Crippen LogP contribution in [0, 0.1) is 0 Å². The SMILES string of the molecule is COc1ccc([C@H]2C(C(=O)OC(C)C)=C(C)N=c3sc(=Cc4ccc(N5CCCCC5)o4)c(=O)n32)cc1. The lowest BCUT2D eigenvalue weighted by atomic mass is 9.96. The lowest BCUT2D eigenvalue weighted by Gasteiger charge is -2.25. The summed E-state index contributed by atoms with van der Waals surface area (Å²) in [6.07, 6.45) is 5.00. The molecule has 0 saturated carbocycles. The molecule has 9 heteroatoms. The molecule has 1 atom stereocenters. The molecular formula is C28H31N3O5S. The second-order valence-corrected chi connectivity index (χ2v) is 10.5. The number of nitrogens with zero attached hydrogens (tertiary/aromatic N) is 3. The van der Waals surface area contributed by atoms with Crippen LogP contribution in [0.3, 0.4) is 0 Å². The van der Waals surface area contributed by atoms with Crippen LogP contribution in [0.15, 0.2) is 61.9 Å². The lowest BCUT2D eigenvalue weighted by Crippen LogP contribution is -2.40. The molecule has 37 heavy (non-hydrogen) atoms. The van der Waals surface area contributed by atoms with Gasteiger partial charge in [-0.05, 0) is 63.8 Å². The van der Waals surface area contributed by atoms with E-state index in [2.05, 4.69) is 9.89 Å². The van der Waals surface area contributed by atoms with E-state index in [1.807, 2.05) is 36.4 Å². The molecule has 0 amide bonds. The van der Waals surface area contributed by atoms with Gasteiger partial charge in [-0.15, -0.1) is 0 Å². The lowest BCUT2D eigenvalue weighted by molar-refractivity contribution is -0.143. The smallest absolute Gasteiger partial charge is 0.338 e. The normalized spacial score (nSPS) is 18.1. The molecule has 0 bridgehead atoms. The summed E-state index contributed by atoms with van der Waals surface area (Å²) in [5, 5.41) is 0. The van der Waals surface area contributed by atoms with Crippen LogP contribution in [0.4, 0.5) is 5.88 Å². The molecule has 1 aromatic carbocycles. The maximum absolute atomic E-state index is 13.8. The minimum absolute atomic E-state index is 0.233. The highest BCUT2D eigenvalue weighted by Gasteiger charge is 2.33. The Balaban J connectivity index is 1.60. The van der Waals surface area contributed by atoms with Gasteiger partial charge in [0, 0.05) is 25.2 Å². The number of methoxy groups -OCH3 is 1. The molecule has 0 unspecified atom stereocenters. The van der Waals surface area contributed by atoms with Gasteiger partial charge in [0.05, 0.1) is 35.1 Å². The maximum atomic E-state index is 13.8. The highest BCUT2D eigenvalue weighted by atomic mass is 32.1. The Morgan fingerprint density at radius 2 is 1.86 bits per heavy atom. The molecule has 2 aliphatic heterocycles. The predicted octanol–water partition coefficient (Wildman–Crippen LogP) is 3.78. The number of carbonyl (C=O) groups excluding carboxylic acids is 1. The zero-order chi connectivity index (χ0) is 26.1. The minimum Gasteiger partial charge on any atom is -0.497 e. The third-order valence-corrected chi connectivity index (χ3v) is 7.55. The fourth-order valence-corrected chi connectivity index (χ4v) is 5.82. The summed E-state index contributed by atoms with van der Waals surface area (Å²) >= 11 is 1.28. The molecule has 0 radical (unpaired) electrons. The number of hydrogen-bond donors (Lipinski definition) is 0. The molecule has 3 aromatic rings. The number of esters is 1. The zero-order valence-electron chi connectivity index (χ0n) is 21.5. The van der Waals surface area contributed by atoms with Gasteiger partial charge in [-0.3, -0.25) is 9.36 Å². The molecule has 8 nitrogen and oxygen atoms in total. The summed E-state index contributed by atoms with van der Waals surface area (Å²) in [5.41, 5.74) is 1.42. The molecule has 2 aromatic heterocycles. The maximum Gasteiger partial charge on any atom is 0.338 e. The Morgan fingerprint density at radius 3 is 2.54 bits per heavy atom. The van der Waals surface area contributed by atoms with Crippen LogP contribution >= 0.6 is 11.3 Å². The van der Waals surface area contributed by atoms with Gasteiger partial charge in [-0.2, -0.15) is 0 Å². The Hall–Kier alpha value is -3.59. The van der Waals surface area contributed by atoms with Crippen molar-refractivity contribution in [2.24, 2.45) is 4.99 Å². The Morgan fingerprint density at radius 1 is 1.14 bits per heavy atom. The quantitative estimate of drug-likeness (QED) is 0.459. The van der Waals surface area contributed by atoms with Gasteiger partial charge in [-0.25, -0.2) is 9.79 Å². The van der Waals surface area contributed by atoms with E-state index in [1.54, 1.807) is 38.5 Å². The van der Waals surface area contributed by atoms with Crippen molar-refractivity contribution in [1.29, 1.82) is 0 Å². The number of thiazole rings is 1. The van der Waals surface area contributed by atoms with E-state index in [1.165, 1.54) is 17.8 Å². The van der Waals surface area contributed by atoms with E-state index in [4.69, 9.17) is 13.9 Å². The fraction of sp³-hybridized carbons (Fsp3) is 0.393. The van der Waals surface area contributed by atoms with Crippen LogP contribution in [0.25, 0.3) is 6.08 Å². The van der Waals surface area contributed by atoms with E-state index in [0.29, 0.717) is 32.1 Å². The van der Waals surface area contributed by atoms with E-state index < -0.39 is 12.0 Å². The van der Waals surface area contributed by atoms with Crippen molar-refractivity contribution >= 4 is 29.3 Å². The average molecular weight is 522 g/mol. The summed E-state index contributed by atoms with van der Waals surface area (Å²) < 4.78 is 19.0. The average Bonchev–Trinajstić information content (AvgIpc) is 3.48. The Labute approximate surface area is 219 Å². The standard InChI is InChI=1S/C28H31N3O5S/c1-17(2)35-27(33)24-18(3)29-28-31(25(24)19-8-10-20(34-4)11-9-19)26(32)22(37-28)16-21-12-13-23(36-21)30-14-6-5-7-15-30/h8-13,16-17,25H,5-7,14-15H2,1-4H3/t25-/m0/s1. The number of allylic oxidation sites excluding steroid dienone is 1. The Kier molecular flexibility index (Phi) is 7.06. The van der Waals surface area contributed by atoms with Crippen molar-refractivity contribution in [2.45, 2.75) is 52.2 Å². The first-order valence-electron chi connectivity index (χ1n) is 12.6. The van der Waals surface area contributed by atoms with Crippen molar-refractivity contribution in [2.75, 3.05) is 25.1 Å². The number of benzene rings is 1. The van der Waals surface area contributed by atoms with Crippen LogP contribution in [0.1, 0.15) is 57.4 Å². The van der Waals surface area contributed by atoms with Crippen LogP contribution in [0.2, 0.25) is 0 Å². The van der Waals surface area contributed by atoms with Crippen molar-refractivity contribution in [3.05, 3.63) is 78.7 Å². The van der Waals surface area contributed by atoms with Crippen molar-refractivity contribution in [3.63, 3.8) is 0 Å². The van der Waals surface area contributed by atoms with Gasteiger partial charge in [0.2, 0.25) is 0 Å². The second kappa shape index (κ2) is 10.4. The monoisotopic (exact) mass is 521 g/mol. The number of piperidine rings is 1. The van der Waals surface area contributed by atoms with E-state index in [9.17, 15) is 9.59 Å². The second-order valence-electron chi connectivity index (χ2n) is 9.53. The van der Waals surface area contributed by atoms with Crippen LogP contribution < -0.4 is 24.5 Å². The largest absolute Gasteiger partial charge is 0.497 e. The number of carbonyl (C=O) groups is 1. The molecule has 4 heterocycles. The first-order chi connectivity index (χ1) is 17.9. The molecule has 0 N–H and O–H groups in total. The molecule has 1 fully saturated rings. The van der Waals surface area contributed by atoms with E-state index in [0.717, 1.165) is 37.4 Å². The van der Waals surface area contributed by atoms with Gasteiger partial charge in [-0.1, -0.05) is 23.5 Å². The first kappa shape index (κ1) is 25.1. The van der Waals surface area contributed by atoms with Crippen LogP contribution in [-0.4, -0.2) is 36.8 Å². The van der Waals surface area contributed by atoms with Gasteiger partial charge in [0.1, 0.15) is 11.5 Å². The van der Waals surface area contributed by atoms with Crippen molar-refractivity contribution < 1.29 is 18.7 Å². The number of aromatic nitrogens is 1. The number of furan rings is 1. The fourth-order valence-electron chi connectivity index (χ4n) is 4.80. The molecule has 5 rings (SSSR count). The number of hydrogen-bond acceptors (Lipinski definition) is 8. The summed E-state index contributed by atoms with van der Waals surface area (Å²) in [7, 11) is 1.60. The first-order valence-corrected chi connectivity index (χ1v) is 13.4. The van der Waals surface area contributed by atoms with Gasteiger partial charge in [0.15, 0.2) is 10.7 Å². The highest BCUT2D eigenvalue weighted by molar-refractivity contribution is 7.07. The van der Waals surface area contributed by atoms with Gasteiger partial charge >= 0.3 is 5.97 Å². The molecule has 194 valence electrons. The number of rotatable bonds is 6. The molecule has 2 aliphatic rings. The minimum atomic E-state index is -0.670. The third kappa shape index (κ3) is 5.00. The van der Waals surface area contributed by atoms with Crippen LogP contribution in [0.5, 0.6) is 5.75 Å². The van der Waals surface area contributed by atoms with E-state index >= 15 is 0 Å². The topological polar surface area (TPSA) is 86.3 Å². The number of ether oxygens (including phenoxy) is 2. The molecule has 0 aliphatic carbocycles. The summed E-state index contributed by atoms with van der Waals surface area (Å²) in [6.45, 7) is 7.33. The van der Waals surface area contributed by atoms with Crippen LogP contribution in [-0.2, 0) is 9.53 Å². The Bertz CT molecular complexity index is 1500. The molecule has 1 saturated heterocycles. The highest BCUT2D eigenvalue weighted by Crippen LogP contribution is 2.32. The predicted molar refractivity (Wildman–Crippen MR) is 143 cm³/mol. The van der Waals surface area contributed by atoms with Gasteiger partial charge in [0.25, 0.3) is 5.56 Å². The third-order valence-electron chi connectivity index (χ3n) is 6.57. The summed E-state index contributed by atoms with van der Waals surface area (Å²) in [5.74, 6) is 1.64.